The largest absolute Gasteiger partial charge is 0.504 e. The Labute approximate surface area is 150 Å². The van der Waals surface area contributed by atoms with E-state index >= 15 is 0 Å². The first-order valence-electron chi connectivity index (χ1n) is 7.48. The highest BCUT2D eigenvalue weighted by Crippen LogP contribution is 2.32. The Morgan fingerprint density at radius 3 is 2.96 bits per heavy atom. The summed E-state index contributed by atoms with van der Waals surface area (Å²) in [6.45, 7) is 0.786. The molecular formula is C17H17N3O4S. The van der Waals surface area contributed by atoms with E-state index in [4.69, 9.17) is 26.4 Å². The molecule has 3 rings (SSSR count). The molecule has 0 bridgehead atoms. The van der Waals surface area contributed by atoms with Crippen LogP contribution in [0.15, 0.2) is 41.5 Å². The molecule has 0 saturated carbocycles. The molecule has 1 aliphatic rings. The van der Waals surface area contributed by atoms with Gasteiger partial charge in [-0.05, 0) is 53.7 Å². The van der Waals surface area contributed by atoms with Gasteiger partial charge in [0, 0.05) is 6.54 Å². The van der Waals surface area contributed by atoms with Crippen LogP contribution in [0.3, 0.4) is 0 Å². The summed E-state index contributed by atoms with van der Waals surface area (Å²) in [6.07, 6.45) is 1.58. The van der Waals surface area contributed by atoms with E-state index in [0.717, 1.165) is 22.6 Å². The average molecular weight is 359 g/mol. The van der Waals surface area contributed by atoms with Gasteiger partial charge < -0.3 is 24.6 Å². The lowest BCUT2D eigenvalue weighted by Crippen LogP contribution is -2.31. The average Bonchev–Trinajstić information content (AvgIpc) is 3.09. The third-order valence-electron chi connectivity index (χ3n) is 3.47. The predicted octanol–water partition coefficient (Wildman–Crippen LogP) is 2.13. The molecule has 3 N–H and O–H groups in total. The molecule has 1 aliphatic heterocycles. The number of rotatable bonds is 5. The standard InChI is InChI=1S/C17H17N3O4S/c1-22-15-6-12(2-4-13(15)21)9-19-20-17(25)18-8-11-3-5-14-16(7-11)24-10-23-14/h2-7,9,21H,8,10H2,1H3,(H2,18,20,25)/b19-9+. The van der Waals surface area contributed by atoms with E-state index in [1.807, 2.05) is 18.2 Å². The summed E-state index contributed by atoms with van der Waals surface area (Å²) in [5, 5.41) is 17.1. The van der Waals surface area contributed by atoms with Crippen molar-refractivity contribution in [3.8, 4) is 23.0 Å². The van der Waals surface area contributed by atoms with Crippen molar-refractivity contribution in [2.45, 2.75) is 6.54 Å². The number of hydrogen-bond donors (Lipinski definition) is 3. The van der Waals surface area contributed by atoms with Crippen molar-refractivity contribution in [3.63, 3.8) is 0 Å². The van der Waals surface area contributed by atoms with E-state index in [9.17, 15) is 5.11 Å². The summed E-state index contributed by atoms with van der Waals surface area (Å²) in [6, 6.07) is 10.6. The SMILES string of the molecule is COc1cc(/C=N/NC(=S)NCc2ccc3c(c2)OCO3)ccc1O. The minimum absolute atomic E-state index is 0.0773. The topological polar surface area (TPSA) is 84.3 Å². The lowest BCUT2D eigenvalue weighted by atomic mass is 10.2. The molecule has 25 heavy (non-hydrogen) atoms. The van der Waals surface area contributed by atoms with Crippen LogP contribution >= 0.6 is 12.2 Å². The Morgan fingerprint density at radius 2 is 2.12 bits per heavy atom. The van der Waals surface area contributed by atoms with Crippen LogP contribution in [0.4, 0.5) is 0 Å². The summed E-state index contributed by atoms with van der Waals surface area (Å²) in [5.74, 6) is 1.94. The first-order valence-corrected chi connectivity index (χ1v) is 7.89. The van der Waals surface area contributed by atoms with E-state index < -0.39 is 0 Å². The normalized spacial score (nSPS) is 12.2. The fourth-order valence-corrected chi connectivity index (χ4v) is 2.34. The molecule has 2 aromatic rings. The zero-order valence-electron chi connectivity index (χ0n) is 13.5. The lowest BCUT2D eigenvalue weighted by Gasteiger charge is -2.08. The number of benzene rings is 2. The Balaban J connectivity index is 1.49. The van der Waals surface area contributed by atoms with Gasteiger partial charge in [0.15, 0.2) is 28.1 Å². The lowest BCUT2D eigenvalue weighted by molar-refractivity contribution is 0.174. The minimum atomic E-state index is 0.0773. The van der Waals surface area contributed by atoms with Gasteiger partial charge in [-0.2, -0.15) is 5.10 Å². The predicted molar refractivity (Wildman–Crippen MR) is 97.4 cm³/mol. The van der Waals surface area contributed by atoms with Gasteiger partial charge in [-0.25, -0.2) is 0 Å². The fourth-order valence-electron chi connectivity index (χ4n) is 2.21. The van der Waals surface area contributed by atoms with Crippen molar-refractivity contribution < 1.29 is 19.3 Å². The molecule has 2 aromatic carbocycles. The van der Waals surface area contributed by atoms with Crippen LogP contribution in [-0.4, -0.2) is 30.3 Å². The molecule has 0 atom stereocenters. The summed E-state index contributed by atoms with van der Waals surface area (Å²) in [5.41, 5.74) is 4.52. The third kappa shape index (κ3) is 4.30. The molecule has 0 unspecified atom stereocenters. The molecule has 0 saturated heterocycles. The zero-order valence-corrected chi connectivity index (χ0v) is 14.3. The maximum absolute atomic E-state index is 9.55. The van der Waals surface area contributed by atoms with Crippen LogP contribution in [0.1, 0.15) is 11.1 Å². The van der Waals surface area contributed by atoms with Crippen LogP contribution in [0.5, 0.6) is 23.0 Å². The maximum Gasteiger partial charge on any atom is 0.231 e. The number of hydrogen-bond acceptors (Lipinski definition) is 6. The van der Waals surface area contributed by atoms with Crippen LogP contribution in [-0.2, 0) is 6.54 Å². The Hall–Kier alpha value is -3.00. The first kappa shape index (κ1) is 16.8. The van der Waals surface area contributed by atoms with Gasteiger partial charge in [-0.1, -0.05) is 6.07 Å². The van der Waals surface area contributed by atoms with Crippen molar-refractivity contribution in [2.24, 2.45) is 5.10 Å². The first-order chi connectivity index (χ1) is 12.2. The van der Waals surface area contributed by atoms with Gasteiger partial charge >= 0.3 is 0 Å². The minimum Gasteiger partial charge on any atom is -0.504 e. The number of hydrazone groups is 1. The van der Waals surface area contributed by atoms with E-state index in [1.165, 1.54) is 13.2 Å². The smallest absolute Gasteiger partial charge is 0.231 e. The molecular weight excluding hydrogens is 342 g/mol. The maximum atomic E-state index is 9.55. The van der Waals surface area contributed by atoms with Gasteiger partial charge in [0.25, 0.3) is 0 Å². The van der Waals surface area contributed by atoms with Gasteiger partial charge in [0.05, 0.1) is 13.3 Å². The number of thiocarbonyl (C=S) groups is 1. The summed E-state index contributed by atoms with van der Waals surface area (Å²) >= 11 is 5.18. The third-order valence-corrected chi connectivity index (χ3v) is 3.71. The molecule has 0 fully saturated rings. The second-order valence-electron chi connectivity index (χ2n) is 5.17. The highest BCUT2D eigenvalue weighted by atomic mass is 32.1. The molecule has 0 amide bonds. The molecule has 0 aliphatic carbocycles. The van der Waals surface area contributed by atoms with Gasteiger partial charge in [-0.3, -0.25) is 5.43 Å². The fraction of sp³-hybridized carbons (Fsp3) is 0.176. The molecule has 7 nitrogen and oxygen atoms in total. The summed E-state index contributed by atoms with van der Waals surface area (Å²) in [4.78, 5) is 0. The Bertz CT molecular complexity index is 810. The van der Waals surface area contributed by atoms with E-state index in [-0.39, 0.29) is 12.5 Å². The highest BCUT2D eigenvalue weighted by molar-refractivity contribution is 7.80. The second-order valence-corrected chi connectivity index (χ2v) is 5.58. The number of phenols is 1. The van der Waals surface area contributed by atoms with Crippen molar-refractivity contribution >= 4 is 23.5 Å². The molecule has 0 aromatic heterocycles. The number of ether oxygens (including phenoxy) is 3. The monoisotopic (exact) mass is 359 g/mol. The van der Waals surface area contributed by atoms with Crippen molar-refractivity contribution in [2.75, 3.05) is 13.9 Å². The van der Waals surface area contributed by atoms with Crippen molar-refractivity contribution in [1.29, 1.82) is 0 Å². The van der Waals surface area contributed by atoms with Crippen LogP contribution in [0.2, 0.25) is 0 Å². The number of nitrogens with one attached hydrogen (secondary N) is 2. The van der Waals surface area contributed by atoms with E-state index in [2.05, 4.69) is 15.8 Å². The second kappa shape index (κ2) is 7.71. The van der Waals surface area contributed by atoms with Gasteiger partial charge in [-0.15, -0.1) is 0 Å². The highest BCUT2D eigenvalue weighted by Gasteiger charge is 2.12. The van der Waals surface area contributed by atoms with Crippen molar-refractivity contribution in [1.82, 2.24) is 10.7 Å². The number of phenolic OH excluding ortho intramolecular Hbond substituents is 1. The quantitative estimate of drug-likeness (QED) is 0.428. The van der Waals surface area contributed by atoms with Crippen LogP contribution in [0, 0.1) is 0 Å². The number of aromatic hydroxyl groups is 1. The molecule has 1 heterocycles. The van der Waals surface area contributed by atoms with Crippen LogP contribution < -0.4 is 25.0 Å². The summed E-state index contributed by atoms with van der Waals surface area (Å²) < 4.78 is 15.7. The molecule has 0 spiro atoms. The Morgan fingerprint density at radius 1 is 1.28 bits per heavy atom. The van der Waals surface area contributed by atoms with E-state index in [0.29, 0.717) is 17.4 Å². The number of methoxy groups -OCH3 is 1. The van der Waals surface area contributed by atoms with E-state index in [1.54, 1.807) is 18.3 Å². The number of fused-ring (bicyclic) bond motifs is 1. The van der Waals surface area contributed by atoms with Gasteiger partial charge in [0.2, 0.25) is 6.79 Å². The molecule has 0 radical (unpaired) electrons. The summed E-state index contributed by atoms with van der Waals surface area (Å²) in [7, 11) is 1.49. The zero-order chi connectivity index (χ0) is 17.6. The van der Waals surface area contributed by atoms with Crippen molar-refractivity contribution in [3.05, 3.63) is 47.5 Å². The Kier molecular flexibility index (Phi) is 5.20. The molecule has 130 valence electrons. The van der Waals surface area contributed by atoms with Crippen LogP contribution in [0.25, 0.3) is 0 Å². The van der Waals surface area contributed by atoms with Gasteiger partial charge in [0.1, 0.15) is 0 Å². The molecule has 8 heteroatoms. The number of nitrogens with zero attached hydrogens (tertiary/aromatic N) is 1.